The zero-order valence-electron chi connectivity index (χ0n) is 14.6. The third-order valence-electron chi connectivity index (χ3n) is 4.54. The number of carbonyl (C=O) groups is 1. The Balaban J connectivity index is 2.07. The molecule has 0 aliphatic heterocycles. The Labute approximate surface area is 153 Å². The summed E-state index contributed by atoms with van der Waals surface area (Å²) in [5.74, 6) is -1.55. The molecule has 0 spiro atoms. The summed E-state index contributed by atoms with van der Waals surface area (Å²) >= 11 is -2.36. The molecule has 26 heavy (non-hydrogen) atoms. The number of ether oxygens (including phenoxy) is 1. The van der Waals surface area contributed by atoms with Crippen LogP contribution in [0.15, 0.2) is 18.2 Å². The molecule has 0 heterocycles. The summed E-state index contributed by atoms with van der Waals surface area (Å²) in [6.07, 6.45) is 0.256. The Kier molecular flexibility index (Phi) is 7.23. The second-order valence-electron chi connectivity index (χ2n) is 6.76. The maximum Gasteiger partial charge on any atom is 0.416 e. The van der Waals surface area contributed by atoms with Crippen molar-refractivity contribution in [2.75, 3.05) is 0 Å². The largest absolute Gasteiger partial charge is 0.462 e. The lowest BCUT2D eigenvalue weighted by atomic mass is 9.96. The van der Waals surface area contributed by atoms with E-state index in [0.717, 1.165) is 38.2 Å². The molecule has 4 nitrogen and oxygen atoms in total. The van der Waals surface area contributed by atoms with Crippen molar-refractivity contribution < 1.29 is 31.5 Å². The average Bonchev–Trinajstić information content (AvgIpc) is 2.55. The van der Waals surface area contributed by atoms with Gasteiger partial charge in [-0.15, -0.1) is 0 Å². The zero-order valence-corrected chi connectivity index (χ0v) is 15.4. The molecule has 0 amide bonds. The summed E-state index contributed by atoms with van der Waals surface area (Å²) in [7, 11) is 0. The molecule has 0 saturated heterocycles. The number of hydrogen-bond acceptors (Lipinski definition) is 3. The Morgan fingerprint density at radius 2 is 1.96 bits per heavy atom. The van der Waals surface area contributed by atoms with Crippen molar-refractivity contribution in [1.82, 2.24) is 0 Å². The number of carbonyl (C=O) groups excluding carboxylic acids is 1. The third-order valence-corrected chi connectivity index (χ3v) is 5.10. The van der Waals surface area contributed by atoms with Crippen LogP contribution in [0.2, 0.25) is 0 Å². The molecule has 8 heteroatoms. The van der Waals surface area contributed by atoms with Crippen LogP contribution in [-0.2, 0) is 39.0 Å². The highest BCUT2D eigenvalue weighted by Gasteiger charge is 2.34. The Morgan fingerprint density at radius 3 is 2.54 bits per heavy atom. The molecule has 1 fully saturated rings. The van der Waals surface area contributed by atoms with Crippen LogP contribution in [0.25, 0.3) is 0 Å². The molecule has 0 radical (unpaired) electrons. The van der Waals surface area contributed by atoms with Crippen LogP contribution in [0.4, 0.5) is 13.2 Å². The Hall–Kier alpha value is -1.41. The molecule has 1 aliphatic rings. The van der Waals surface area contributed by atoms with Gasteiger partial charge < -0.3 is 9.29 Å². The van der Waals surface area contributed by atoms with Crippen LogP contribution in [0.5, 0.6) is 0 Å². The summed E-state index contributed by atoms with van der Waals surface area (Å²) in [5, 5.41) is 0. The number of rotatable bonds is 6. The van der Waals surface area contributed by atoms with E-state index in [4.69, 9.17) is 9.29 Å². The molecule has 2 atom stereocenters. The summed E-state index contributed by atoms with van der Waals surface area (Å²) in [6, 6.07) is 3.61. The van der Waals surface area contributed by atoms with E-state index in [1.807, 2.05) is 0 Å². The maximum absolute atomic E-state index is 13.2. The van der Waals surface area contributed by atoms with Crippen molar-refractivity contribution in [2.45, 2.75) is 63.5 Å². The van der Waals surface area contributed by atoms with Gasteiger partial charge in [0.2, 0.25) is 0 Å². The van der Waals surface area contributed by atoms with E-state index in [-0.39, 0.29) is 18.1 Å². The van der Waals surface area contributed by atoms with E-state index in [0.29, 0.717) is 5.56 Å². The fraction of sp³-hybridized carbons (Fsp3) is 0.611. The topological polar surface area (TPSA) is 63.6 Å². The summed E-state index contributed by atoms with van der Waals surface area (Å²) in [6.45, 7) is 1.63. The summed E-state index contributed by atoms with van der Waals surface area (Å²) < 4.78 is 64.9. The normalized spacial score (nSPS) is 18.3. The van der Waals surface area contributed by atoms with E-state index >= 15 is 0 Å². The fourth-order valence-corrected chi connectivity index (χ4v) is 3.69. The van der Waals surface area contributed by atoms with Gasteiger partial charge in [0, 0.05) is 0 Å². The maximum atomic E-state index is 13.2. The summed E-state index contributed by atoms with van der Waals surface area (Å²) in [4.78, 5) is 12.2. The zero-order chi connectivity index (χ0) is 19.3. The van der Waals surface area contributed by atoms with Crippen molar-refractivity contribution in [3.63, 3.8) is 0 Å². The minimum absolute atomic E-state index is 0.0913. The predicted molar refractivity (Wildman–Crippen MR) is 91.8 cm³/mol. The van der Waals surface area contributed by atoms with Gasteiger partial charge in [0.25, 0.3) is 0 Å². The highest BCUT2D eigenvalue weighted by atomic mass is 32.2. The quantitative estimate of drug-likeness (QED) is 0.573. The van der Waals surface area contributed by atoms with Crippen molar-refractivity contribution in [2.24, 2.45) is 5.92 Å². The van der Waals surface area contributed by atoms with E-state index < -0.39 is 40.5 Å². The Morgan fingerprint density at radius 1 is 1.31 bits per heavy atom. The first-order valence-corrected chi connectivity index (χ1v) is 9.91. The van der Waals surface area contributed by atoms with Crippen molar-refractivity contribution >= 4 is 17.0 Å². The van der Waals surface area contributed by atoms with Crippen molar-refractivity contribution in [1.29, 1.82) is 0 Å². The number of benzene rings is 1. The molecule has 0 bridgehead atoms. The van der Waals surface area contributed by atoms with Crippen LogP contribution < -0.4 is 0 Å². The molecule has 1 saturated carbocycles. The van der Waals surface area contributed by atoms with Crippen LogP contribution in [0.3, 0.4) is 0 Å². The number of alkyl halides is 3. The molecular formula is C18H23F3O4S. The van der Waals surface area contributed by atoms with Gasteiger partial charge in [-0.1, -0.05) is 25.5 Å². The van der Waals surface area contributed by atoms with Crippen molar-refractivity contribution in [3.05, 3.63) is 34.9 Å². The molecule has 0 aromatic heterocycles. The molecule has 1 aromatic carbocycles. The standard InChI is InChI=1S/C18H23F3O4S/c1-12(17(22)25-15-5-3-2-4-6-15)9-13-7-8-14(11-26(23)24)16(10-13)18(19,20)21/h7-8,10,12,15H,2-6,9,11H2,1H3,(H,23,24). The number of halogens is 3. The van der Waals surface area contributed by atoms with Gasteiger partial charge in [-0.05, 0) is 49.3 Å². The monoisotopic (exact) mass is 392 g/mol. The molecule has 1 N–H and O–H groups in total. The average molecular weight is 392 g/mol. The van der Waals surface area contributed by atoms with Gasteiger partial charge in [0.05, 0.1) is 17.2 Å². The van der Waals surface area contributed by atoms with Gasteiger partial charge in [0.1, 0.15) is 6.10 Å². The van der Waals surface area contributed by atoms with Crippen molar-refractivity contribution in [3.8, 4) is 0 Å². The molecule has 2 unspecified atom stereocenters. The molecule has 146 valence electrons. The van der Waals surface area contributed by atoms with Gasteiger partial charge in [-0.3, -0.25) is 4.79 Å². The highest BCUT2D eigenvalue weighted by molar-refractivity contribution is 7.78. The minimum atomic E-state index is -4.63. The first kappa shape index (κ1) is 20.9. The highest BCUT2D eigenvalue weighted by Crippen LogP contribution is 2.34. The number of esters is 1. The first-order chi connectivity index (χ1) is 12.2. The predicted octanol–water partition coefficient (Wildman–Crippen LogP) is 4.48. The molecule has 1 aliphatic carbocycles. The third kappa shape index (κ3) is 6.09. The number of hydrogen-bond donors (Lipinski definition) is 1. The second-order valence-corrected chi connectivity index (χ2v) is 7.69. The van der Waals surface area contributed by atoms with E-state index in [9.17, 15) is 22.2 Å². The SMILES string of the molecule is CC(Cc1ccc(CS(=O)O)c(C(F)(F)F)c1)C(=O)OC1CCCCC1. The smallest absolute Gasteiger partial charge is 0.416 e. The molecular weight excluding hydrogens is 369 g/mol. The van der Waals surface area contributed by atoms with Gasteiger partial charge in [-0.2, -0.15) is 13.2 Å². The van der Waals surface area contributed by atoms with E-state index in [2.05, 4.69) is 0 Å². The molecule has 2 rings (SSSR count). The van der Waals surface area contributed by atoms with E-state index in [1.165, 1.54) is 12.1 Å². The first-order valence-electron chi connectivity index (χ1n) is 8.63. The van der Waals surface area contributed by atoms with Gasteiger partial charge in [-0.25, -0.2) is 4.21 Å². The fourth-order valence-electron chi connectivity index (χ4n) is 3.17. The van der Waals surface area contributed by atoms with Gasteiger partial charge >= 0.3 is 12.1 Å². The molecule has 1 aromatic rings. The summed E-state index contributed by atoms with van der Waals surface area (Å²) in [5.41, 5.74) is -0.831. The van der Waals surface area contributed by atoms with Crippen LogP contribution in [-0.4, -0.2) is 20.8 Å². The van der Waals surface area contributed by atoms with Crippen LogP contribution in [0, 0.1) is 5.92 Å². The van der Waals surface area contributed by atoms with Crippen LogP contribution in [0.1, 0.15) is 55.7 Å². The lowest BCUT2D eigenvalue weighted by Crippen LogP contribution is -2.25. The van der Waals surface area contributed by atoms with E-state index in [1.54, 1.807) is 6.92 Å². The lowest BCUT2D eigenvalue weighted by molar-refractivity contribution is -0.154. The Bertz CT molecular complexity index is 654. The lowest BCUT2D eigenvalue weighted by Gasteiger charge is -2.23. The van der Waals surface area contributed by atoms with Gasteiger partial charge in [0.15, 0.2) is 11.1 Å². The second kappa shape index (κ2) is 8.99. The van der Waals surface area contributed by atoms with Crippen LogP contribution >= 0.6 is 0 Å². The minimum Gasteiger partial charge on any atom is -0.462 e.